The van der Waals surface area contributed by atoms with Crippen LogP contribution in [0.4, 0.5) is 15.8 Å². The molecule has 5 heteroatoms. The molecule has 0 aliphatic carbocycles. The third kappa shape index (κ3) is 3.27. The molecule has 1 atom stereocenters. The van der Waals surface area contributed by atoms with Crippen molar-refractivity contribution < 1.29 is 9.13 Å². The van der Waals surface area contributed by atoms with E-state index < -0.39 is 0 Å². The van der Waals surface area contributed by atoms with Crippen molar-refractivity contribution in [2.75, 3.05) is 10.2 Å². The maximum atomic E-state index is 13.5. The molecule has 0 radical (unpaired) electrons. The summed E-state index contributed by atoms with van der Waals surface area (Å²) in [5.41, 5.74) is 1.86. The Hall–Kier alpha value is -1.39. The molecule has 1 aliphatic rings. The molecule has 0 fully saturated rings. The number of hydrogen-bond acceptors (Lipinski definition) is 3. The Morgan fingerprint density at radius 3 is 2.76 bits per heavy atom. The molecule has 3 rings (SSSR count). The number of rotatable bonds is 4. The molecule has 2 nitrogen and oxygen atoms in total. The number of benzene rings is 2. The maximum absolute atomic E-state index is 13.5. The van der Waals surface area contributed by atoms with Crippen molar-refractivity contribution in [3.63, 3.8) is 0 Å². The van der Waals surface area contributed by atoms with Crippen LogP contribution in [0.1, 0.15) is 12.8 Å². The first kappa shape index (κ1) is 14.5. The highest BCUT2D eigenvalue weighted by atomic mass is 35.5. The number of para-hydroxylation sites is 1. The van der Waals surface area contributed by atoms with Gasteiger partial charge in [0.25, 0.3) is 0 Å². The molecule has 21 heavy (non-hydrogen) atoms. The SMILES string of the molecule is Fc1ccc2c(c1)OC(CCCCl)SN2c1ccccc1. The van der Waals surface area contributed by atoms with E-state index >= 15 is 0 Å². The number of halogens is 2. The van der Waals surface area contributed by atoms with Crippen LogP contribution in [0.15, 0.2) is 48.5 Å². The van der Waals surface area contributed by atoms with Crippen LogP contribution in [-0.4, -0.2) is 11.3 Å². The van der Waals surface area contributed by atoms with Crippen molar-refractivity contribution in [2.45, 2.75) is 18.3 Å². The Balaban J connectivity index is 1.95. The van der Waals surface area contributed by atoms with Crippen molar-refractivity contribution in [1.29, 1.82) is 0 Å². The molecule has 0 spiro atoms. The van der Waals surface area contributed by atoms with E-state index in [0.717, 1.165) is 24.2 Å². The van der Waals surface area contributed by atoms with Crippen molar-refractivity contribution in [2.24, 2.45) is 0 Å². The van der Waals surface area contributed by atoms with Gasteiger partial charge in [0.15, 0.2) is 5.44 Å². The van der Waals surface area contributed by atoms with Crippen LogP contribution >= 0.6 is 23.5 Å². The molecule has 0 N–H and O–H groups in total. The first-order valence-corrected chi connectivity index (χ1v) is 8.19. The van der Waals surface area contributed by atoms with Crippen LogP contribution < -0.4 is 9.04 Å². The van der Waals surface area contributed by atoms with Gasteiger partial charge in [-0.2, -0.15) is 0 Å². The van der Waals surface area contributed by atoms with Gasteiger partial charge < -0.3 is 4.74 Å². The average Bonchev–Trinajstić information content (AvgIpc) is 2.52. The molecule has 0 amide bonds. The normalized spacial score (nSPS) is 17.2. The highest BCUT2D eigenvalue weighted by Gasteiger charge is 2.27. The quantitative estimate of drug-likeness (QED) is 0.556. The van der Waals surface area contributed by atoms with Crippen LogP contribution in [0.25, 0.3) is 0 Å². The van der Waals surface area contributed by atoms with E-state index in [1.54, 1.807) is 18.0 Å². The lowest BCUT2D eigenvalue weighted by Crippen LogP contribution is -2.25. The fourth-order valence-electron chi connectivity index (χ4n) is 2.21. The minimum atomic E-state index is -0.287. The lowest BCUT2D eigenvalue weighted by molar-refractivity contribution is 0.272. The molecule has 0 saturated carbocycles. The topological polar surface area (TPSA) is 12.5 Å². The number of nitrogens with zero attached hydrogens (tertiary/aromatic N) is 1. The fourth-order valence-corrected chi connectivity index (χ4v) is 3.52. The van der Waals surface area contributed by atoms with E-state index in [0.29, 0.717) is 11.6 Å². The lowest BCUT2D eigenvalue weighted by Gasteiger charge is -2.35. The standard InChI is InChI=1S/C16H15ClFNOS/c17-10-4-7-16-20-15-11-12(18)8-9-14(15)19(21-16)13-5-2-1-3-6-13/h1-3,5-6,8-9,11,16H,4,7,10H2. The van der Waals surface area contributed by atoms with Gasteiger partial charge in [0.2, 0.25) is 0 Å². The third-order valence-corrected chi connectivity index (χ3v) is 4.64. The second-order valence-corrected chi connectivity index (χ2v) is 6.21. The summed E-state index contributed by atoms with van der Waals surface area (Å²) in [6, 6.07) is 14.7. The zero-order valence-electron chi connectivity index (χ0n) is 11.3. The smallest absolute Gasteiger partial charge is 0.163 e. The molecule has 1 aliphatic heterocycles. The van der Waals surface area contributed by atoms with Gasteiger partial charge in [-0.15, -0.1) is 11.6 Å². The maximum Gasteiger partial charge on any atom is 0.163 e. The Bertz CT molecular complexity index is 610. The highest BCUT2D eigenvalue weighted by Crippen LogP contribution is 2.46. The number of anilines is 2. The summed E-state index contributed by atoms with van der Waals surface area (Å²) < 4.78 is 21.5. The zero-order valence-corrected chi connectivity index (χ0v) is 12.9. The highest BCUT2D eigenvalue weighted by molar-refractivity contribution is 8.01. The molecule has 0 saturated heterocycles. The Morgan fingerprint density at radius 2 is 2.00 bits per heavy atom. The fraction of sp³-hybridized carbons (Fsp3) is 0.250. The van der Waals surface area contributed by atoms with Crippen molar-refractivity contribution in [3.05, 3.63) is 54.3 Å². The molecule has 110 valence electrons. The Labute approximate surface area is 133 Å². The molecule has 2 aromatic carbocycles. The number of ether oxygens (including phenoxy) is 1. The van der Waals surface area contributed by atoms with Crippen molar-refractivity contribution >= 4 is 34.9 Å². The minimum absolute atomic E-state index is 0.0572. The summed E-state index contributed by atoms with van der Waals surface area (Å²) in [5, 5.41) is 0. The van der Waals surface area contributed by atoms with Gasteiger partial charge in [-0.05, 0) is 37.1 Å². The van der Waals surface area contributed by atoms with Gasteiger partial charge in [-0.25, -0.2) is 4.39 Å². The summed E-state index contributed by atoms with van der Waals surface area (Å²) >= 11 is 7.36. The van der Waals surface area contributed by atoms with E-state index in [4.69, 9.17) is 16.3 Å². The molecule has 0 aromatic heterocycles. The van der Waals surface area contributed by atoms with Crippen LogP contribution in [0.2, 0.25) is 0 Å². The first-order chi connectivity index (χ1) is 10.3. The van der Waals surface area contributed by atoms with Gasteiger partial charge in [0.05, 0.1) is 11.4 Å². The summed E-state index contributed by atoms with van der Waals surface area (Å²) in [4.78, 5) is 0. The van der Waals surface area contributed by atoms with Gasteiger partial charge >= 0.3 is 0 Å². The summed E-state index contributed by atoms with van der Waals surface area (Å²) in [7, 11) is 0. The van der Waals surface area contributed by atoms with E-state index in [1.807, 2.05) is 30.3 Å². The monoisotopic (exact) mass is 323 g/mol. The van der Waals surface area contributed by atoms with Gasteiger partial charge in [0, 0.05) is 23.9 Å². The molecule has 1 unspecified atom stereocenters. The predicted octanol–water partition coefficient (Wildman–Crippen LogP) is 5.35. The average molecular weight is 324 g/mol. The minimum Gasteiger partial charge on any atom is -0.476 e. The van der Waals surface area contributed by atoms with E-state index in [-0.39, 0.29) is 11.3 Å². The van der Waals surface area contributed by atoms with Crippen LogP contribution in [0.3, 0.4) is 0 Å². The summed E-state index contributed by atoms with van der Waals surface area (Å²) in [5.74, 6) is 0.892. The van der Waals surface area contributed by atoms with Crippen LogP contribution in [-0.2, 0) is 0 Å². The molecule has 1 heterocycles. The van der Waals surface area contributed by atoms with Crippen LogP contribution in [0.5, 0.6) is 5.75 Å². The number of fused-ring (bicyclic) bond motifs is 1. The van der Waals surface area contributed by atoms with E-state index in [2.05, 4.69) is 4.31 Å². The molecule has 2 aromatic rings. The number of alkyl halides is 1. The Kier molecular flexibility index (Phi) is 4.56. The van der Waals surface area contributed by atoms with Crippen molar-refractivity contribution in [1.82, 2.24) is 0 Å². The third-order valence-electron chi connectivity index (χ3n) is 3.19. The van der Waals surface area contributed by atoms with E-state index in [1.165, 1.54) is 12.1 Å². The summed E-state index contributed by atoms with van der Waals surface area (Å²) in [6.07, 6.45) is 1.69. The largest absolute Gasteiger partial charge is 0.476 e. The zero-order chi connectivity index (χ0) is 14.7. The van der Waals surface area contributed by atoms with Gasteiger partial charge in [0.1, 0.15) is 11.6 Å². The second kappa shape index (κ2) is 6.58. The lowest BCUT2D eigenvalue weighted by atomic mass is 10.2. The number of hydrogen-bond donors (Lipinski definition) is 0. The van der Waals surface area contributed by atoms with E-state index in [9.17, 15) is 4.39 Å². The molecular weight excluding hydrogens is 309 g/mol. The second-order valence-electron chi connectivity index (χ2n) is 4.73. The first-order valence-electron chi connectivity index (χ1n) is 6.82. The van der Waals surface area contributed by atoms with Gasteiger partial charge in [-0.3, -0.25) is 4.31 Å². The predicted molar refractivity (Wildman–Crippen MR) is 86.9 cm³/mol. The van der Waals surface area contributed by atoms with Gasteiger partial charge in [-0.1, -0.05) is 18.2 Å². The summed E-state index contributed by atoms with van der Waals surface area (Å²) in [6.45, 7) is 0. The van der Waals surface area contributed by atoms with Crippen LogP contribution in [0, 0.1) is 5.82 Å². The molecular formula is C16H15ClFNOS. The Morgan fingerprint density at radius 1 is 1.19 bits per heavy atom. The van der Waals surface area contributed by atoms with Crippen molar-refractivity contribution in [3.8, 4) is 5.75 Å². The molecule has 0 bridgehead atoms.